The molecule has 0 aliphatic heterocycles. The van der Waals surface area contributed by atoms with Gasteiger partial charge in [0.15, 0.2) is 0 Å². The standard InChI is InChI=1S/C20H23N3O/c1-2-3-4-8-12-21-20(24)17-11-13-23-15-18(22-19(23)14-17)16-9-6-5-7-10-16/h5-7,9-11,13-15H,2-4,8,12H2,1H3,(H,21,24). The Bertz CT molecular complexity index is 808. The van der Waals surface area contributed by atoms with E-state index in [9.17, 15) is 4.79 Å². The van der Waals surface area contributed by atoms with E-state index in [0.29, 0.717) is 5.56 Å². The quantitative estimate of drug-likeness (QED) is 0.659. The SMILES string of the molecule is CCCCCCNC(=O)c1ccn2cc(-c3ccccc3)nc2c1. The van der Waals surface area contributed by atoms with Gasteiger partial charge < -0.3 is 9.72 Å². The fourth-order valence-corrected chi connectivity index (χ4v) is 2.73. The molecule has 2 aromatic heterocycles. The Morgan fingerprint density at radius 2 is 1.96 bits per heavy atom. The first-order valence-corrected chi connectivity index (χ1v) is 8.60. The molecule has 0 radical (unpaired) electrons. The van der Waals surface area contributed by atoms with Gasteiger partial charge in [-0.3, -0.25) is 4.79 Å². The Morgan fingerprint density at radius 1 is 1.12 bits per heavy atom. The number of benzene rings is 1. The molecule has 2 heterocycles. The molecule has 0 aliphatic rings. The van der Waals surface area contributed by atoms with Crippen LogP contribution in [-0.2, 0) is 0 Å². The number of carbonyl (C=O) groups is 1. The zero-order chi connectivity index (χ0) is 16.8. The first-order valence-electron chi connectivity index (χ1n) is 8.60. The molecule has 124 valence electrons. The van der Waals surface area contributed by atoms with Crippen LogP contribution in [0.2, 0.25) is 0 Å². The van der Waals surface area contributed by atoms with Crippen molar-refractivity contribution in [1.29, 1.82) is 0 Å². The van der Waals surface area contributed by atoms with Crippen molar-refractivity contribution in [2.45, 2.75) is 32.6 Å². The van der Waals surface area contributed by atoms with Gasteiger partial charge in [0.25, 0.3) is 5.91 Å². The number of carbonyl (C=O) groups excluding carboxylic acids is 1. The molecule has 24 heavy (non-hydrogen) atoms. The van der Waals surface area contributed by atoms with Gasteiger partial charge in [-0.05, 0) is 18.6 Å². The number of unbranched alkanes of at least 4 members (excludes halogenated alkanes) is 3. The highest BCUT2D eigenvalue weighted by molar-refractivity contribution is 5.95. The Balaban J connectivity index is 1.70. The maximum Gasteiger partial charge on any atom is 0.251 e. The lowest BCUT2D eigenvalue weighted by atomic mass is 10.2. The molecule has 0 atom stereocenters. The van der Waals surface area contributed by atoms with E-state index in [4.69, 9.17) is 0 Å². The van der Waals surface area contributed by atoms with Crippen LogP contribution in [0.3, 0.4) is 0 Å². The molecule has 1 amide bonds. The van der Waals surface area contributed by atoms with Gasteiger partial charge in [-0.25, -0.2) is 4.98 Å². The Kier molecular flexibility index (Phi) is 5.26. The average molecular weight is 321 g/mol. The molecule has 3 rings (SSSR count). The van der Waals surface area contributed by atoms with Crippen LogP contribution < -0.4 is 5.32 Å². The molecule has 0 spiro atoms. The lowest BCUT2D eigenvalue weighted by Gasteiger charge is -2.05. The monoisotopic (exact) mass is 321 g/mol. The number of aromatic nitrogens is 2. The molecule has 0 aliphatic carbocycles. The second-order valence-electron chi connectivity index (χ2n) is 5.99. The van der Waals surface area contributed by atoms with Crippen molar-refractivity contribution in [3.63, 3.8) is 0 Å². The van der Waals surface area contributed by atoms with Gasteiger partial charge in [-0.15, -0.1) is 0 Å². The van der Waals surface area contributed by atoms with E-state index < -0.39 is 0 Å². The third-order valence-corrected chi connectivity index (χ3v) is 4.11. The molecule has 4 heteroatoms. The van der Waals surface area contributed by atoms with Gasteiger partial charge in [-0.2, -0.15) is 0 Å². The predicted molar refractivity (Wildman–Crippen MR) is 97.1 cm³/mol. The van der Waals surface area contributed by atoms with E-state index in [1.165, 1.54) is 12.8 Å². The summed E-state index contributed by atoms with van der Waals surface area (Å²) in [5.74, 6) is -0.0294. The summed E-state index contributed by atoms with van der Waals surface area (Å²) in [7, 11) is 0. The molecule has 0 fully saturated rings. The molecule has 1 aromatic carbocycles. The van der Waals surface area contributed by atoms with Gasteiger partial charge >= 0.3 is 0 Å². The topological polar surface area (TPSA) is 46.4 Å². The maximum atomic E-state index is 12.2. The zero-order valence-electron chi connectivity index (χ0n) is 14.0. The third-order valence-electron chi connectivity index (χ3n) is 4.11. The first-order chi connectivity index (χ1) is 11.8. The zero-order valence-corrected chi connectivity index (χ0v) is 14.0. The van der Waals surface area contributed by atoms with E-state index >= 15 is 0 Å². The highest BCUT2D eigenvalue weighted by Crippen LogP contribution is 2.19. The molecule has 0 bridgehead atoms. The number of hydrogen-bond acceptors (Lipinski definition) is 2. The summed E-state index contributed by atoms with van der Waals surface area (Å²) in [6, 6.07) is 13.7. The van der Waals surface area contributed by atoms with Crippen molar-refractivity contribution in [2.75, 3.05) is 6.54 Å². The van der Waals surface area contributed by atoms with Gasteiger partial charge in [0, 0.05) is 30.1 Å². The number of nitrogens with one attached hydrogen (secondary N) is 1. The van der Waals surface area contributed by atoms with Crippen molar-refractivity contribution < 1.29 is 4.79 Å². The van der Waals surface area contributed by atoms with Crippen LogP contribution in [0.1, 0.15) is 43.0 Å². The first kappa shape index (κ1) is 16.2. The molecule has 4 nitrogen and oxygen atoms in total. The minimum atomic E-state index is -0.0294. The fraction of sp³-hybridized carbons (Fsp3) is 0.300. The second kappa shape index (κ2) is 7.77. The van der Waals surface area contributed by atoms with Crippen LogP contribution in [0.4, 0.5) is 0 Å². The molecular weight excluding hydrogens is 298 g/mol. The number of amides is 1. The van der Waals surface area contributed by atoms with E-state index in [1.54, 1.807) is 0 Å². The van der Waals surface area contributed by atoms with Crippen LogP contribution in [-0.4, -0.2) is 21.8 Å². The van der Waals surface area contributed by atoms with Crippen LogP contribution in [0.15, 0.2) is 54.9 Å². The summed E-state index contributed by atoms with van der Waals surface area (Å²) in [5.41, 5.74) is 3.42. The summed E-state index contributed by atoms with van der Waals surface area (Å²) < 4.78 is 1.94. The van der Waals surface area contributed by atoms with Crippen molar-refractivity contribution in [2.24, 2.45) is 0 Å². The molecule has 3 aromatic rings. The summed E-state index contributed by atoms with van der Waals surface area (Å²) in [4.78, 5) is 16.9. The van der Waals surface area contributed by atoms with Crippen molar-refractivity contribution in [3.05, 3.63) is 60.4 Å². The Morgan fingerprint density at radius 3 is 2.75 bits per heavy atom. The lowest BCUT2D eigenvalue weighted by molar-refractivity contribution is 0.0953. The van der Waals surface area contributed by atoms with Crippen LogP contribution in [0, 0.1) is 0 Å². The highest BCUT2D eigenvalue weighted by atomic mass is 16.1. The van der Waals surface area contributed by atoms with Gasteiger partial charge in [0.05, 0.1) is 5.69 Å². The van der Waals surface area contributed by atoms with E-state index in [0.717, 1.165) is 36.3 Å². The molecule has 1 N–H and O–H groups in total. The lowest BCUT2D eigenvalue weighted by Crippen LogP contribution is -2.24. The maximum absolute atomic E-state index is 12.2. The number of imidazole rings is 1. The summed E-state index contributed by atoms with van der Waals surface area (Å²) in [6.07, 6.45) is 8.49. The van der Waals surface area contributed by atoms with Crippen LogP contribution in [0.5, 0.6) is 0 Å². The molecule has 0 saturated heterocycles. The van der Waals surface area contributed by atoms with E-state index in [2.05, 4.69) is 17.2 Å². The number of hydrogen-bond donors (Lipinski definition) is 1. The average Bonchev–Trinajstić information content (AvgIpc) is 3.05. The minimum absolute atomic E-state index is 0.0294. The minimum Gasteiger partial charge on any atom is -0.352 e. The van der Waals surface area contributed by atoms with Crippen molar-refractivity contribution in [3.8, 4) is 11.3 Å². The molecular formula is C20H23N3O. The van der Waals surface area contributed by atoms with Gasteiger partial charge in [-0.1, -0.05) is 56.5 Å². The fourth-order valence-electron chi connectivity index (χ4n) is 2.73. The number of nitrogens with zero attached hydrogens (tertiary/aromatic N) is 2. The summed E-state index contributed by atoms with van der Waals surface area (Å²) >= 11 is 0. The van der Waals surface area contributed by atoms with Crippen LogP contribution in [0.25, 0.3) is 16.9 Å². The highest BCUT2D eigenvalue weighted by Gasteiger charge is 2.09. The molecule has 0 saturated carbocycles. The number of pyridine rings is 1. The van der Waals surface area contributed by atoms with Gasteiger partial charge in [0.2, 0.25) is 0 Å². The largest absolute Gasteiger partial charge is 0.352 e. The van der Waals surface area contributed by atoms with E-state index in [-0.39, 0.29) is 5.91 Å². The van der Waals surface area contributed by atoms with E-state index in [1.807, 2.05) is 59.3 Å². The van der Waals surface area contributed by atoms with Crippen molar-refractivity contribution >= 4 is 11.6 Å². The normalized spacial score (nSPS) is 10.9. The number of fused-ring (bicyclic) bond motifs is 1. The van der Waals surface area contributed by atoms with Gasteiger partial charge in [0.1, 0.15) is 5.65 Å². The molecule has 0 unspecified atom stereocenters. The summed E-state index contributed by atoms with van der Waals surface area (Å²) in [5, 5.41) is 2.99. The van der Waals surface area contributed by atoms with Crippen molar-refractivity contribution in [1.82, 2.24) is 14.7 Å². The van der Waals surface area contributed by atoms with Crippen LogP contribution >= 0.6 is 0 Å². The summed E-state index contributed by atoms with van der Waals surface area (Å²) in [6.45, 7) is 2.91. The Hall–Kier alpha value is -2.62. The smallest absolute Gasteiger partial charge is 0.251 e. The third kappa shape index (κ3) is 3.82. The Labute approximate surface area is 142 Å². The number of rotatable bonds is 7. The predicted octanol–water partition coefficient (Wildman–Crippen LogP) is 4.31. The second-order valence-corrected chi connectivity index (χ2v) is 5.99.